The molecule has 172 valence electrons. The molecule has 2 aromatic heterocycles. The molecule has 1 amide bonds. The number of aryl methyl sites for hydroxylation is 1. The van der Waals surface area contributed by atoms with E-state index in [1.54, 1.807) is 37.1 Å². The van der Waals surface area contributed by atoms with Gasteiger partial charge in [0.1, 0.15) is 22.8 Å². The third-order valence-corrected chi connectivity index (χ3v) is 7.51. The fraction of sp³-hybridized carbons (Fsp3) is 0.280. The Balaban J connectivity index is 1.47. The molecule has 33 heavy (non-hydrogen) atoms. The molecule has 0 aliphatic carbocycles. The quantitative estimate of drug-likeness (QED) is 0.195. The summed E-state index contributed by atoms with van der Waals surface area (Å²) in [5, 5.41) is 0.654. The number of nitrogens with zero attached hydrogens (tertiary/aromatic N) is 2. The number of fused-ring (bicyclic) bond motifs is 1. The number of ether oxygens (including phenoxy) is 2. The third-order valence-electron chi connectivity index (χ3n) is 5.20. The van der Waals surface area contributed by atoms with Crippen molar-refractivity contribution in [3.63, 3.8) is 0 Å². The first-order valence-electron chi connectivity index (χ1n) is 10.6. The van der Waals surface area contributed by atoms with Crippen molar-refractivity contribution < 1.29 is 18.7 Å². The zero-order chi connectivity index (χ0) is 23.2. The van der Waals surface area contributed by atoms with Crippen LogP contribution >= 0.6 is 23.1 Å². The minimum absolute atomic E-state index is 0.0254. The fourth-order valence-corrected chi connectivity index (χ4v) is 5.34. The topological polar surface area (TPSA) is 64.8 Å². The van der Waals surface area contributed by atoms with Gasteiger partial charge in [-0.1, -0.05) is 17.4 Å². The van der Waals surface area contributed by atoms with Crippen molar-refractivity contribution in [2.75, 3.05) is 24.9 Å². The highest BCUT2D eigenvalue weighted by Crippen LogP contribution is 2.37. The SMILES string of the molecule is COc1ccc(SCCCC(=O)N(Cc2ccco2)c2nc3c(OC)ccc(C)c3s2)cc1. The standard InChI is InChI=1S/C25H26N2O4S2/c1-17-8-13-21(30-3)23-24(17)33-25(26-23)27(16-19-6-4-14-31-19)22(28)7-5-15-32-20-11-9-18(29-2)10-12-20/h4,6,8-14H,5,7,15-16H2,1-3H3. The van der Waals surface area contributed by atoms with Gasteiger partial charge in [-0.05, 0) is 67.1 Å². The Morgan fingerprint density at radius 1 is 1.12 bits per heavy atom. The average Bonchev–Trinajstić information content (AvgIpc) is 3.51. The van der Waals surface area contributed by atoms with Crippen LogP contribution in [-0.2, 0) is 11.3 Å². The van der Waals surface area contributed by atoms with Gasteiger partial charge in [0.2, 0.25) is 5.91 Å². The minimum atomic E-state index is 0.0254. The first-order valence-corrected chi connectivity index (χ1v) is 12.4. The lowest BCUT2D eigenvalue weighted by molar-refractivity contribution is -0.118. The molecule has 0 N–H and O–H groups in total. The molecule has 6 nitrogen and oxygen atoms in total. The number of amides is 1. The summed E-state index contributed by atoms with van der Waals surface area (Å²) in [6.07, 6.45) is 2.81. The zero-order valence-electron chi connectivity index (χ0n) is 18.9. The summed E-state index contributed by atoms with van der Waals surface area (Å²) in [5.74, 6) is 3.14. The Morgan fingerprint density at radius 3 is 2.64 bits per heavy atom. The number of furan rings is 1. The first kappa shape index (κ1) is 23.2. The molecule has 8 heteroatoms. The molecule has 4 rings (SSSR count). The summed E-state index contributed by atoms with van der Waals surface area (Å²) in [7, 11) is 3.29. The molecular formula is C25H26N2O4S2. The molecular weight excluding hydrogens is 456 g/mol. The smallest absolute Gasteiger partial charge is 0.229 e. The highest BCUT2D eigenvalue weighted by atomic mass is 32.2. The van der Waals surface area contributed by atoms with Gasteiger partial charge in [0, 0.05) is 11.3 Å². The minimum Gasteiger partial charge on any atom is -0.497 e. The number of carbonyl (C=O) groups excluding carboxylic acids is 1. The lowest BCUT2D eigenvalue weighted by Gasteiger charge is -2.18. The summed E-state index contributed by atoms with van der Waals surface area (Å²) in [4.78, 5) is 20.9. The van der Waals surface area contributed by atoms with Crippen molar-refractivity contribution >= 4 is 44.4 Å². The molecule has 2 aromatic carbocycles. The number of aromatic nitrogens is 1. The second-order valence-corrected chi connectivity index (χ2v) is 9.59. The van der Waals surface area contributed by atoms with E-state index < -0.39 is 0 Å². The molecule has 0 radical (unpaired) electrons. The van der Waals surface area contributed by atoms with Gasteiger partial charge in [0.25, 0.3) is 0 Å². The van der Waals surface area contributed by atoms with E-state index in [1.807, 2.05) is 55.5 Å². The van der Waals surface area contributed by atoms with Crippen molar-refractivity contribution in [2.45, 2.75) is 31.2 Å². The normalized spacial score (nSPS) is 11.0. The van der Waals surface area contributed by atoms with E-state index in [4.69, 9.17) is 18.9 Å². The highest BCUT2D eigenvalue weighted by Gasteiger charge is 2.22. The number of carbonyl (C=O) groups is 1. The Labute approximate surface area is 201 Å². The van der Waals surface area contributed by atoms with Gasteiger partial charge >= 0.3 is 0 Å². The highest BCUT2D eigenvalue weighted by molar-refractivity contribution is 7.99. The molecule has 4 aromatic rings. The summed E-state index contributed by atoms with van der Waals surface area (Å²) < 4.78 is 17.2. The van der Waals surface area contributed by atoms with Crippen LogP contribution in [-0.4, -0.2) is 30.9 Å². The van der Waals surface area contributed by atoms with E-state index >= 15 is 0 Å². The van der Waals surface area contributed by atoms with Crippen LogP contribution in [0.1, 0.15) is 24.2 Å². The predicted molar refractivity (Wildman–Crippen MR) is 134 cm³/mol. The van der Waals surface area contributed by atoms with E-state index in [1.165, 1.54) is 11.3 Å². The van der Waals surface area contributed by atoms with Gasteiger partial charge < -0.3 is 13.9 Å². The number of methoxy groups -OCH3 is 2. The van der Waals surface area contributed by atoms with Crippen molar-refractivity contribution in [3.05, 3.63) is 66.1 Å². The number of anilines is 1. The summed E-state index contributed by atoms with van der Waals surface area (Å²) in [6.45, 7) is 2.39. The van der Waals surface area contributed by atoms with E-state index in [9.17, 15) is 4.79 Å². The number of thioether (sulfide) groups is 1. The molecule has 0 fully saturated rings. The summed E-state index contributed by atoms with van der Waals surface area (Å²) >= 11 is 3.24. The zero-order valence-corrected chi connectivity index (χ0v) is 20.5. The monoisotopic (exact) mass is 482 g/mol. The van der Waals surface area contributed by atoms with Crippen LogP contribution in [0.25, 0.3) is 10.2 Å². The number of benzene rings is 2. The molecule has 0 saturated carbocycles. The van der Waals surface area contributed by atoms with E-state index in [0.29, 0.717) is 23.8 Å². The Bertz CT molecular complexity index is 1200. The van der Waals surface area contributed by atoms with Crippen LogP contribution in [0.3, 0.4) is 0 Å². The number of rotatable bonds is 10. The van der Waals surface area contributed by atoms with Crippen molar-refractivity contribution in [1.29, 1.82) is 0 Å². The number of thiazole rings is 1. The number of hydrogen-bond acceptors (Lipinski definition) is 7. The van der Waals surface area contributed by atoms with Crippen molar-refractivity contribution in [2.24, 2.45) is 0 Å². The van der Waals surface area contributed by atoms with Crippen LogP contribution in [0, 0.1) is 6.92 Å². The molecule has 2 heterocycles. The Morgan fingerprint density at radius 2 is 1.94 bits per heavy atom. The molecule has 0 saturated heterocycles. The number of hydrogen-bond donors (Lipinski definition) is 0. The van der Waals surface area contributed by atoms with Crippen LogP contribution in [0.4, 0.5) is 5.13 Å². The molecule has 0 bridgehead atoms. The second kappa shape index (κ2) is 10.8. The Hall–Kier alpha value is -2.97. The summed E-state index contributed by atoms with van der Waals surface area (Å²) in [6, 6.07) is 15.6. The van der Waals surface area contributed by atoms with Gasteiger partial charge in [-0.15, -0.1) is 11.8 Å². The van der Waals surface area contributed by atoms with Gasteiger partial charge in [-0.3, -0.25) is 9.69 Å². The molecule has 0 aliphatic heterocycles. The summed E-state index contributed by atoms with van der Waals surface area (Å²) in [5.41, 5.74) is 1.89. The molecule has 0 atom stereocenters. The van der Waals surface area contributed by atoms with Gasteiger partial charge in [-0.2, -0.15) is 0 Å². The lowest BCUT2D eigenvalue weighted by Crippen LogP contribution is -2.30. The Kier molecular flexibility index (Phi) is 7.57. The predicted octanol–water partition coefficient (Wildman–Crippen LogP) is 6.32. The third kappa shape index (κ3) is 5.51. The molecule has 0 spiro atoms. The van der Waals surface area contributed by atoms with Gasteiger partial charge in [0.15, 0.2) is 5.13 Å². The van der Waals surface area contributed by atoms with Crippen LogP contribution < -0.4 is 14.4 Å². The maximum atomic E-state index is 13.3. The van der Waals surface area contributed by atoms with E-state index in [0.717, 1.165) is 44.4 Å². The first-order chi connectivity index (χ1) is 16.1. The largest absolute Gasteiger partial charge is 0.497 e. The maximum Gasteiger partial charge on any atom is 0.229 e. The fourth-order valence-electron chi connectivity index (χ4n) is 3.42. The lowest BCUT2D eigenvalue weighted by atomic mass is 10.2. The van der Waals surface area contributed by atoms with Crippen molar-refractivity contribution in [3.8, 4) is 11.5 Å². The van der Waals surface area contributed by atoms with E-state index in [-0.39, 0.29) is 5.91 Å². The van der Waals surface area contributed by atoms with Crippen LogP contribution in [0.15, 0.2) is 64.1 Å². The second-order valence-electron chi connectivity index (χ2n) is 7.45. The van der Waals surface area contributed by atoms with Crippen LogP contribution in [0.5, 0.6) is 11.5 Å². The maximum absolute atomic E-state index is 13.3. The van der Waals surface area contributed by atoms with Gasteiger partial charge in [0.05, 0.1) is 31.7 Å². The average molecular weight is 483 g/mol. The van der Waals surface area contributed by atoms with Crippen LogP contribution in [0.2, 0.25) is 0 Å². The van der Waals surface area contributed by atoms with Gasteiger partial charge in [-0.25, -0.2) is 4.98 Å². The molecule has 0 unspecified atom stereocenters. The van der Waals surface area contributed by atoms with Crippen molar-refractivity contribution in [1.82, 2.24) is 4.98 Å². The molecule has 0 aliphatic rings. The van der Waals surface area contributed by atoms with E-state index in [2.05, 4.69) is 0 Å².